The quantitative estimate of drug-likeness (QED) is 0.525. The molecule has 0 aromatic carbocycles. The van der Waals surface area contributed by atoms with Gasteiger partial charge in [-0.2, -0.15) is 4.98 Å². The Morgan fingerprint density at radius 3 is 3.00 bits per heavy atom. The maximum atomic E-state index is 5.97. The highest BCUT2D eigenvalue weighted by Crippen LogP contribution is 2.32. The van der Waals surface area contributed by atoms with E-state index in [4.69, 9.17) is 27.9 Å². The first-order chi connectivity index (χ1) is 7.25. The number of fused-ring (bicyclic) bond motifs is 3. The van der Waals surface area contributed by atoms with Crippen LogP contribution in [0.1, 0.15) is 6.42 Å². The first-order valence-electron chi connectivity index (χ1n) is 4.48. The van der Waals surface area contributed by atoms with Crippen molar-refractivity contribution in [2.75, 3.05) is 6.61 Å². The Bertz CT molecular complexity index is 539. The highest BCUT2D eigenvalue weighted by molar-refractivity contribution is 6.36. The van der Waals surface area contributed by atoms with Crippen LogP contribution in [0.15, 0.2) is 0 Å². The molecule has 0 bridgehead atoms. The Morgan fingerprint density at radius 2 is 2.13 bits per heavy atom. The summed E-state index contributed by atoms with van der Waals surface area (Å²) in [4.78, 5) is 7.87. The van der Waals surface area contributed by atoms with Gasteiger partial charge in [0.2, 0.25) is 11.2 Å². The van der Waals surface area contributed by atoms with Gasteiger partial charge in [-0.3, -0.25) is 0 Å². The molecule has 0 aliphatic carbocycles. The summed E-state index contributed by atoms with van der Waals surface area (Å²) in [5.41, 5.74) is 0.483. The molecule has 0 unspecified atom stereocenters. The zero-order valence-electron chi connectivity index (χ0n) is 7.57. The Kier molecular flexibility index (Phi) is 1.97. The first-order valence-corrected chi connectivity index (χ1v) is 5.23. The van der Waals surface area contributed by atoms with Crippen molar-refractivity contribution < 1.29 is 4.74 Å². The van der Waals surface area contributed by atoms with Gasteiger partial charge in [-0.05, 0) is 11.6 Å². The number of aryl methyl sites for hydroxylation is 1. The Labute approximate surface area is 95.0 Å². The van der Waals surface area contributed by atoms with Gasteiger partial charge in [0, 0.05) is 13.0 Å². The molecular formula is C8H6Cl2N4O. The summed E-state index contributed by atoms with van der Waals surface area (Å²) >= 11 is 11.7. The van der Waals surface area contributed by atoms with Crippen LogP contribution in [0.2, 0.25) is 10.4 Å². The van der Waals surface area contributed by atoms with Crippen molar-refractivity contribution in [2.24, 2.45) is 0 Å². The topological polar surface area (TPSA) is 52.8 Å². The minimum absolute atomic E-state index is 0.1000. The number of ether oxygens (including phenoxy) is 1. The lowest BCUT2D eigenvalue weighted by Crippen LogP contribution is -2.14. The summed E-state index contributed by atoms with van der Waals surface area (Å²) in [5, 5.41) is 5.27. The highest BCUT2D eigenvalue weighted by Gasteiger charge is 2.21. The molecule has 3 heterocycles. The molecule has 0 fully saturated rings. The maximum Gasteiger partial charge on any atom is 0.225 e. The lowest BCUT2D eigenvalue weighted by molar-refractivity contribution is 0.233. The third-order valence-corrected chi connectivity index (χ3v) is 2.68. The van der Waals surface area contributed by atoms with E-state index in [2.05, 4.69) is 15.1 Å². The van der Waals surface area contributed by atoms with Crippen molar-refractivity contribution in [1.29, 1.82) is 0 Å². The van der Waals surface area contributed by atoms with E-state index in [1.54, 1.807) is 4.68 Å². The average molecular weight is 245 g/mol. The van der Waals surface area contributed by atoms with Crippen LogP contribution in [0.5, 0.6) is 5.88 Å². The number of aromatic nitrogens is 4. The molecule has 0 saturated carbocycles. The van der Waals surface area contributed by atoms with Crippen LogP contribution in [0, 0.1) is 0 Å². The minimum Gasteiger partial charge on any atom is -0.477 e. The van der Waals surface area contributed by atoms with Crippen molar-refractivity contribution in [1.82, 2.24) is 19.7 Å². The van der Waals surface area contributed by atoms with E-state index in [-0.39, 0.29) is 10.4 Å². The van der Waals surface area contributed by atoms with Crippen molar-refractivity contribution >= 4 is 34.2 Å². The number of rotatable bonds is 0. The van der Waals surface area contributed by atoms with Crippen molar-refractivity contribution in [3.8, 4) is 5.88 Å². The van der Waals surface area contributed by atoms with Crippen molar-refractivity contribution in [3.05, 3.63) is 10.4 Å². The zero-order chi connectivity index (χ0) is 10.4. The van der Waals surface area contributed by atoms with Gasteiger partial charge in [0.1, 0.15) is 10.5 Å². The van der Waals surface area contributed by atoms with Crippen LogP contribution in [0.3, 0.4) is 0 Å². The van der Waals surface area contributed by atoms with E-state index in [9.17, 15) is 0 Å². The summed E-state index contributed by atoms with van der Waals surface area (Å²) < 4.78 is 7.23. The van der Waals surface area contributed by atoms with Crippen molar-refractivity contribution in [3.63, 3.8) is 0 Å². The second kappa shape index (κ2) is 3.21. The monoisotopic (exact) mass is 244 g/mol. The molecule has 1 aliphatic rings. The van der Waals surface area contributed by atoms with Gasteiger partial charge >= 0.3 is 0 Å². The van der Waals surface area contributed by atoms with E-state index >= 15 is 0 Å². The maximum absolute atomic E-state index is 5.97. The van der Waals surface area contributed by atoms with E-state index in [1.165, 1.54) is 0 Å². The van der Waals surface area contributed by atoms with Gasteiger partial charge in [-0.1, -0.05) is 11.6 Å². The van der Waals surface area contributed by atoms with Crippen LogP contribution in [-0.2, 0) is 6.54 Å². The molecule has 2 aromatic rings. The first kappa shape index (κ1) is 9.18. The van der Waals surface area contributed by atoms with Gasteiger partial charge in [-0.15, -0.1) is 5.10 Å². The summed E-state index contributed by atoms with van der Waals surface area (Å²) in [6.07, 6.45) is 0.930. The van der Waals surface area contributed by atoms with Crippen LogP contribution >= 0.6 is 23.2 Å². The predicted octanol–water partition coefficient (Wildman–Crippen LogP) is 1.92. The van der Waals surface area contributed by atoms with Gasteiger partial charge < -0.3 is 4.74 Å². The Hall–Kier alpha value is -1.07. The fourth-order valence-corrected chi connectivity index (χ4v) is 2.08. The number of hydrogen-bond donors (Lipinski definition) is 0. The zero-order valence-corrected chi connectivity index (χ0v) is 9.09. The second-order valence-corrected chi connectivity index (χ2v) is 3.91. The summed E-state index contributed by atoms with van der Waals surface area (Å²) in [7, 11) is 0. The fraction of sp³-hybridized carbons (Fsp3) is 0.375. The molecule has 15 heavy (non-hydrogen) atoms. The number of nitrogens with zero attached hydrogens (tertiary/aromatic N) is 4. The van der Waals surface area contributed by atoms with Gasteiger partial charge in [0.15, 0.2) is 5.65 Å². The standard InChI is InChI=1S/C8H6Cl2N4O/c9-5-4-6(12-8(10)11-5)13-14-2-1-3-15-7(4)14/h1-3H2. The van der Waals surface area contributed by atoms with Crippen LogP contribution in [0.4, 0.5) is 0 Å². The average Bonchev–Trinajstić information content (AvgIpc) is 2.54. The smallest absolute Gasteiger partial charge is 0.225 e. The van der Waals surface area contributed by atoms with Gasteiger partial charge in [0.05, 0.1) is 6.61 Å². The molecule has 2 aromatic heterocycles. The molecule has 0 amide bonds. The molecule has 0 radical (unpaired) electrons. The fourth-order valence-electron chi connectivity index (χ4n) is 1.62. The second-order valence-electron chi connectivity index (χ2n) is 3.21. The van der Waals surface area contributed by atoms with Gasteiger partial charge in [-0.25, -0.2) is 9.67 Å². The summed E-state index contributed by atoms with van der Waals surface area (Å²) in [6.45, 7) is 1.47. The largest absolute Gasteiger partial charge is 0.477 e. The van der Waals surface area contributed by atoms with Gasteiger partial charge in [0.25, 0.3) is 0 Å². The minimum atomic E-state index is 0.1000. The van der Waals surface area contributed by atoms with Crippen molar-refractivity contribution in [2.45, 2.75) is 13.0 Å². The van der Waals surface area contributed by atoms with E-state index in [1.807, 2.05) is 0 Å². The van der Waals surface area contributed by atoms with E-state index in [0.29, 0.717) is 23.5 Å². The molecule has 0 saturated heterocycles. The molecular weight excluding hydrogens is 239 g/mol. The lowest BCUT2D eigenvalue weighted by Gasteiger charge is -2.14. The molecule has 7 heteroatoms. The molecule has 5 nitrogen and oxygen atoms in total. The Morgan fingerprint density at radius 1 is 1.27 bits per heavy atom. The number of hydrogen-bond acceptors (Lipinski definition) is 4. The molecule has 1 aliphatic heterocycles. The predicted molar refractivity (Wildman–Crippen MR) is 55.5 cm³/mol. The van der Waals surface area contributed by atoms with Crippen LogP contribution in [-0.4, -0.2) is 26.4 Å². The third kappa shape index (κ3) is 1.34. The van der Waals surface area contributed by atoms with E-state index < -0.39 is 0 Å². The van der Waals surface area contributed by atoms with Crippen LogP contribution < -0.4 is 4.74 Å². The molecule has 0 N–H and O–H groups in total. The number of halogens is 2. The Balaban J connectivity index is 2.37. The SMILES string of the molecule is Clc1nc(Cl)c2c3n(nc2n1)CCCO3. The van der Waals surface area contributed by atoms with E-state index in [0.717, 1.165) is 13.0 Å². The molecule has 0 atom stereocenters. The lowest BCUT2D eigenvalue weighted by atomic mass is 10.4. The summed E-state index contributed by atoms with van der Waals surface area (Å²) in [6, 6.07) is 0. The van der Waals surface area contributed by atoms with Crippen LogP contribution in [0.25, 0.3) is 11.0 Å². The summed E-state index contributed by atoms with van der Waals surface area (Å²) in [5.74, 6) is 0.637. The molecule has 3 rings (SSSR count). The molecule has 78 valence electrons. The normalized spacial score (nSPS) is 15.1. The third-order valence-electron chi connectivity index (χ3n) is 2.24. The highest BCUT2D eigenvalue weighted by atomic mass is 35.5. The molecule has 0 spiro atoms.